The van der Waals surface area contributed by atoms with E-state index in [1.807, 2.05) is 0 Å². The topological polar surface area (TPSA) is 46.5 Å². The highest BCUT2D eigenvalue weighted by Gasteiger charge is 2.17. The van der Waals surface area contributed by atoms with E-state index in [9.17, 15) is 14.3 Å². The summed E-state index contributed by atoms with van der Waals surface area (Å²) in [5, 5.41) is 9.44. The third-order valence-electron chi connectivity index (χ3n) is 2.22. The molecule has 1 aromatic rings. The largest absolute Gasteiger partial charge is 0.493 e. The summed E-state index contributed by atoms with van der Waals surface area (Å²) in [6, 6.07) is 2.57. The van der Waals surface area contributed by atoms with Gasteiger partial charge in [0.1, 0.15) is 11.6 Å². The first kappa shape index (κ1) is 12.6. The second-order valence-corrected chi connectivity index (χ2v) is 3.54. The predicted octanol–water partition coefficient (Wildman–Crippen LogP) is 2.48. The Bertz CT molecular complexity index is 399. The molecule has 0 radical (unpaired) electrons. The van der Waals surface area contributed by atoms with E-state index in [1.165, 1.54) is 19.9 Å². The summed E-state index contributed by atoms with van der Waals surface area (Å²) in [4.78, 5) is 11.2. The molecule has 0 spiro atoms. The summed E-state index contributed by atoms with van der Waals surface area (Å²) in [5.41, 5.74) is 0.331. The van der Waals surface area contributed by atoms with Crippen LogP contribution in [0.3, 0.4) is 0 Å². The molecule has 0 amide bonds. The van der Waals surface area contributed by atoms with Crippen LogP contribution in [0.25, 0.3) is 0 Å². The van der Waals surface area contributed by atoms with Gasteiger partial charge in [0.15, 0.2) is 5.78 Å². The molecule has 0 aliphatic carbocycles. The van der Waals surface area contributed by atoms with Gasteiger partial charge in [-0.3, -0.25) is 4.79 Å². The maximum absolute atomic E-state index is 13.7. The third kappa shape index (κ3) is 2.58. The van der Waals surface area contributed by atoms with Crippen LogP contribution in [0.1, 0.15) is 42.8 Å². The van der Waals surface area contributed by atoms with Gasteiger partial charge in [-0.1, -0.05) is 0 Å². The Morgan fingerprint density at radius 2 is 2.19 bits per heavy atom. The van der Waals surface area contributed by atoms with E-state index in [4.69, 9.17) is 4.74 Å². The molecular weight excluding hydrogens is 211 g/mol. The van der Waals surface area contributed by atoms with Crippen LogP contribution in [0.4, 0.5) is 4.39 Å². The van der Waals surface area contributed by atoms with Crippen LogP contribution < -0.4 is 4.74 Å². The quantitative estimate of drug-likeness (QED) is 0.802. The molecule has 0 aliphatic heterocycles. The summed E-state index contributed by atoms with van der Waals surface area (Å²) in [6.07, 6.45) is -0.970. The van der Waals surface area contributed by atoms with Gasteiger partial charge in [-0.15, -0.1) is 0 Å². The number of ether oxygens (including phenoxy) is 1. The number of aliphatic hydroxyl groups is 1. The lowest BCUT2D eigenvalue weighted by molar-refractivity contribution is 0.101. The van der Waals surface area contributed by atoms with Crippen LogP contribution in [0.2, 0.25) is 0 Å². The second kappa shape index (κ2) is 5.07. The molecule has 3 nitrogen and oxygen atoms in total. The highest BCUT2D eigenvalue weighted by Crippen LogP contribution is 2.29. The fraction of sp³-hybridized carbons (Fsp3) is 0.417. The van der Waals surface area contributed by atoms with Crippen LogP contribution in [0.5, 0.6) is 5.75 Å². The van der Waals surface area contributed by atoms with Gasteiger partial charge in [0, 0.05) is 5.56 Å². The number of carbonyl (C=O) groups excluding carboxylic acids is 1. The molecule has 0 aromatic heterocycles. The van der Waals surface area contributed by atoms with E-state index in [2.05, 4.69) is 0 Å². The molecule has 1 unspecified atom stereocenters. The zero-order chi connectivity index (χ0) is 12.3. The monoisotopic (exact) mass is 226 g/mol. The number of aliphatic hydroxyl groups excluding tert-OH is 1. The SMILES string of the molecule is CCOc1cc(C(C)=O)cc(F)c1C(C)O. The molecule has 1 rings (SSSR count). The Labute approximate surface area is 93.9 Å². The Morgan fingerprint density at radius 1 is 1.56 bits per heavy atom. The third-order valence-corrected chi connectivity index (χ3v) is 2.22. The van der Waals surface area contributed by atoms with Crippen molar-refractivity contribution in [3.8, 4) is 5.75 Å². The number of hydrogen-bond acceptors (Lipinski definition) is 3. The van der Waals surface area contributed by atoms with Crippen LogP contribution in [0.15, 0.2) is 12.1 Å². The van der Waals surface area contributed by atoms with Crippen molar-refractivity contribution in [1.82, 2.24) is 0 Å². The van der Waals surface area contributed by atoms with E-state index in [1.54, 1.807) is 6.92 Å². The van der Waals surface area contributed by atoms with Crippen molar-refractivity contribution in [3.63, 3.8) is 0 Å². The molecule has 4 heteroatoms. The molecular formula is C12H15FO3. The molecule has 0 bridgehead atoms. The lowest BCUT2D eigenvalue weighted by Gasteiger charge is -2.14. The van der Waals surface area contributed by atoms with Gasteiger partial charge in [0.25, 0.3) is 0 Å². The van der Waals surface area contributed by atoms with Crippen molar-refractivity contribution >= 4 is 5.78 Å². The summed E-state index contributed by atoms with van der Waals surface area (Å²) in [6.45, 7) is 4.91. The van der Waals surface area contributed by atoms with Crippen LogP contribution in [-0.2, 0) is 0 Å². The number of benzene rings is 1. The molecule has 0 saturated carbocycles. The molecule has 0 saturated heterocycles. The average molecular weight is 226 g/mol. The predicted molar refractivity (Wildman–Crippen MR) is 58.2 cm³/mol. The van der Waals surface area contributed by atoms with Crippen LogP contribution in [-0.4, -0.2) is 17.5 Å². The molecule has 0 fully saturated rings. The summed E-state index contributed by atoms with van der Waals surface area (Å²) < 4.78 is 18.9. The molecule has 88 valence electrons. The first-order valence-electron chi connectivity index (χ1n) is 5.12. The molecule has 16 heavy (non-hydrogen) atoms. The summed E-state index contributed by atoms with van der Waals surface area (Å²) >= 11 is 0. The maximum atomic E-state index is 13.7. The minimum atomic E-state index is -0.970. The minimum absolute atomic E-state index is 0.0897. The fourth-order valence-corrected chi connectivity index (χ4v) is 1.48. The first-order chi connectivity index (χ1) is 7.47. The van der Waals surface area contributed by atoms with Crippen molar-refractivity contribution in [3.05, 3.63) is 29.1 Å². The number of ketones is 1. The van der Waals surface area contributed by atoms with Gasteiger partial charge in [-0.05, 0) is 32.9 Å². The maximum Gasteiger partial charge on any atom is 0.160 e. The summed E-state index contributed by atoms with van der Waals surface area (Å²) in [7, 11) is 0. The number of halogens is 1. The Kier molecular flexibility index (Phi) is 4.01. The van der Waals surface area contributed by atoms with Gasteiger partial charge < -0.3 is 9.84 Å². The van der Waals surface area contributed by atoms with Crippen molar-refractivity contribution in [1.29, 1.82) is 0 Å². The standard InChI is InChI=1S/C12H15FO3/c1-4-16-11-6-9(7(2)14)5-10(13)12(11)8(3)15/h5-6,8,15H,4H2,1-3H3. The van der Waals surface area contributed by atoms with Gasteiger partial charge in [-0.2, -0.15) is 0 Å². The number of Topliss-reactive ketones (excluding diaryl/α,β-unsaturated/α-hetero) is 1. The number of hydrogen-bond donors (Lipinski definition) is 1. The van der Waals surface area contributed by atoms with Gasteiger partial charge in [0.2, 0.25) is 0 Å². The lowest BCUT2D eigenvalue weighted by Crippen LogP contribution is -2.05. The minimum Gasteiger partial charge on any atom is -0.493 e. The first-order valence-corrected chi connectivity index (χ1v) is 5.12. The molecule has 1 aromatic carbocycles. The van der Waals surface area contributed by atoms with Crippen molar-refractivity contribution in [2.24, 2.45) is 0 Å². The normalized spacial score (nSPS) is 12.3. The molecule has 1 atom stereocenters. The number of carbonyl (C=O) groups is 1. The van der Waals surface area contributed by atoms with Crippen LogP contribution >= 0.6 is 0 Å². The smallest absolute Gasteiger partial charge is 0.160 e. The van der Waals surface area contributed by atoms with E-state index >= 15 is 0 Å². The molecule has 0 aliphatic rings. The highest BCUT2D eigenvalue weighted by molar-refractivity contribution is 5.94. The van der Waals surface area contributed by atoms with E-state index in [-0.39, 0.29) is 22.7 Å². The average Bonchev–Trinajstić information content (AvgIpc) is 2.16. The van der Waals surface area contributed by atoms with Crippen molar-refractivity contribution < 1.29 is 19.0 Å². The Balaban J connectivity index is 3.33. The molecule has 1 N–H and O–H groups in total. The fourth-order valence-electron chi connectivity index (χ4n) is 1.48. The summed E-state index contributed by atoms with van der Waals surface area (Å²) in [5.74, 6) is -0.633. The van der Waals surface area contributed by atoms with E-state index < -0.39 is 11.9 Å². The molecule has 0 heterocycles. The Hall–Kier alpha value is -1.42. The highest BCUT2D eigenvalue weighted by atomic mass is 19.1. The zero-order valence-corrected chi connectivity index (χ0v) is 9.58. The Morgan fingerprint density at radius 3 is 2.62 bits per heavy atom. The second-order valence-electron chi connectivity index (χ2n) is 3.54. The van der Waals surface area contributed by atoms with Gasteiger partial charge in [-0.25, -0.2) is 4.39 Å². The van der Waals surface area contributed by atoms with Crippen molar-refractivity contribution in [2.75, 3.05) is 6.61 Å². The van der Waals surface area contributed by atoms with Gasteiger partial charge in [0.05, 0.1) is 18.3 Å². The number of rotatable bonds is 4. The van der Waals surface area contributed by atoms with Crippen molar-refractivity contribution in [2.45, 2.75) is 26.9 Å². The van der Waals surface area contributed by atoms with Gasteiger partial charge >= 0.3 is 0 Å². The zero-order valence-electron chi connectivity index (χ0n) is 9.58. The van der Waals surface area contributed by atoms with Crippen LogP contribution in [0, 0.1) is 5.82 Å². The lowest BCUT2D eigenvalue weighted by atomic mass is 10.0. The van der Waals surface area contributed by atoms with E-state index in [0.29, 0.717) is 6.61 Å². The van der Waals surface area contributed by atoms with E-state index in [0.717, 1.165) is 6.07 Å².